The van der Waals surface area contributed by atoms with Crippen LogP contribution in [-0.4, -0.2) is 24.1 Å². The molecule has 0 atom stereocenters. The molecular formula is C14H14N6OY-2. The van der Waals surface area contributed by atoms with Crippen LogP contribution in [0, 0.1) is 14.0 Å². The molecule has 0 fully saturated rings. The number of nitrogens with zero attached hydrogens (tertiary/aromatic N) is 5. The maximum Gasteiger partial charge on any atom is 0.218 e. The molecule has 7 nitrogen and oxygen atoms in total. The van der Waals surface area contributed by atoms with E-state index in [0.717, 1.165) is 5.39 Å². The molecule has 0 aliphatic carbocycles. The van der Waals surface area contributed by atoms with E-state index in [4.69, 9.17) is 10.2 Å². The summed E-state index contributed by atoms with van der Waals surface area (Å²) in [5, 5.41) is 5.15. The van der Waals surface area contributed by atoms with Crippen LogP contribution in [0.25, 0.3) is 28.3 Å². The van der Waals surface area contributed by atoms with Gasteiger partial charge in [0.15, 0.2) is 11.4 Å². The van der Waals surface area contributed by atoms with Crippen molar-refractivity contribution in [1.29, 1.82) is 0 Å². The van der Waals surface area contributed by atoms with Crippen LogP contribution in [-0.2, 0) is 32.7 Å². The van der Waals surface area contributed by atoms with E-state index in [2.05, 4.69) is 29.0 Å². The van der Waals surface area contributed by atoms with Crippen molar-refractivity contribution >= 4 is 22.6 Å². The summed E-state index contributed by atoms with van der Waals surface area (Å²) in [6, 6.07) is 5.46. The van der Waals surface area contributed by atoms with Crippen molar-refractivity contribution < 1.29 is 37.1 Å². The van der Waals surface area contributed by atoms with E-state index in [1.54, 1.807) is 36.1 Å². The molecule has 0 spiro atoms. The van der Waals surface area contributed by atoms with Gasteiger partial charge < -0.3 is 21.6 Å². The zero-order valence-corrected chi connectivity index (χ0v) is 14.9. The molecular weight excluding hydrogens is 357 g/mol. The minimum absolute atomic E-state index is 0. The third kappa shape index (κ3) is 2.50. The second-order valence-electron chi connectivity index (χ2n) is 4.14. The van der Waals surface area contributed by atoms with Gasteiger partial charge in [0.2, 0.25) is 11.8 Å². The SMILES string of the molecule is [CH2-]C.[CH2-]n1ccc2c1nc(N)n1nc(-c3ccco3)nc21.[Y]. The third-order valence-corrected chi connectivity index (χ3v) is 2.96. The van der Waals surface area contributed by atoms with Gasteiger partial charge in [-0.05, 0) is 17.5 Å². The number of anilines is 1. The summed E-state index contributed by atoms with van der Waals surface area (Å²) in [7, 11) is 3.84. The van der Waals surface area contributed by atoms with Crippen LogP contribution in [0.15, 0.2) is 35.1 Å². The molecule has 4 aromatic heterocycles. The molecule has 111 valence electrons. The van der Waals surface area contributed by atoms with Gasteiger partial charge in [-0.25, -0.2) is 4.98 Å². The average Bonchev–Trinajstić information content (AvgIpc) is 3.20. The van der Waals surface area contributed by atoms with Gasteiger partial charge in [-0.15, -0.1) is 12.1 Å². The zero-order valence-electron chi connectivity index (χ0n) is 12.1. The van der Waals surface area contributed by atoms with Gasteiger partial charge in [0.05, 0.1) is 6.26 Å². The summed E-state index contributed by atoms with van der Waals surface area (Å²) < 4.78 is 8.44. The molecule has 0 bridgehead atoms. The van der Waals surface area contributed by atoms with Gasteiger partial charge in [-0.3, -0.25) is 4.98 Å². The first-order valence-electron chi connectivity index (χ1n) is 6.33. The van der Waals surface area contributed by atoms with Crippen molar-refractivity contribution in [2.24, 2.45) is 0 Å². The molecule has 0 unspecified atom stereocenters. The summed E-state index contributed by atoms with van der Waals surface area (Å²) in [6.07, 6.45) is 3.38. The van der Waals surface area contributed by atoms with E-state index in [1.807, 2.05) is 6.07 Å². The van der Waals surface area contributed by atoms with Gasteiger partial charge in [-0.1, -0.05) is 12.3 Å². The quantitative estimate of drug-likeness (QED) is 0.519. The van der Waals surface area contributed by atoms with Crippen LogP contribution in [0.3, 0.4) is 0 Å². The van der Waals surface area contributed by atoms with Crippen molar-refractivity contribution in [3.63, 3.8) is 0 Å². The molecule has 0 saturated carbocycles. The number of furan rings is 1. The molecule has 0 aromatic carbocycles. The van der Waals surface area contributed by atoms with Crippen molar-refractivity contribution in [3.05, 3.63) is 44.6 Å². The smallest absolute Gasteiger partial charge is 0.218 e. The Morgan fingerprint density at radius 1 is 1.18 bits per heavy atom. The largest absolute Gasteiger partial charge is 0.472 e. The van der Waals surface area contributed by atoms with Gasteiger partial charge >= 0.3 is 0 Å². The standard InChI is InChI=1S/C12H9N6O.C2H5.Y/c1-17-5-4-7-10(17)15-12(13)18-11(7)14-9(16-18)8-3-2-6-19-8;1-2;/h2-6H,1H2,(H2,13,15);1H2,2H3;/q2*-1;. The molecule has 0 aliphatic rings. The van der Waals surface area contributed by atoms with Crippen LogP contribution in [0.4, 0.5) is 5.95 Å². The number of aromatic nitrogens is 5. The van der Waals surface area contributed by atoms with Crippen molar-refractivity contribution in [3.8, 4) is 11.6 Å². The predicted octanol–water partition coefficient (Wildman–Crippen LogP) is 2.40. The number of nitrogens with two attached hydrogens (primary N) is 1. The summed E-state index contributed by atoms with van der Waals surface area (Å²) >= 11 is 0. The van der Waals surface area contributed by atoms with E-state index in [0.29, 0.717) is 22.9 Å². The minimum atomic E-state index is 0. The Morgan fingerprint density at radius 3 is 2.64 bits per heavy atom. The van der Waals surface area contributed by atoms with Crippen LogP contribution in [0.5, 0.6) is 0 Å². The predicted molar refractivity (Wildman–Crippen MR) is 80.2 cm³/mol. The second kappa shape index (κ2) is 6.50. The maximum absolute atomic E-state index is 5.89. The number of hydrogen-bond acceptors (Lipinski definition) is 5. The van der Waals surface area contributed by atoms with Gasteiger partial charge in [0.1, 0.15) is 0 Å². The summed E-state index contributed by atoms with van der Waals surface area (Å²) in [6.45, 7) is 5.00. The fraction of sp³-hybridized carbons (Fsp3) is 0.0714. The van der Waals surface area contributed by atoms with Crippen molar-refractivity contribution in [2.75, 3.05) is 5.73 Å². The van der Waals surface area contributed by atoms with Crippen molar-refractivity contribution in [1.82, 2.24) is 24.1 Å². The average molecular weight is 371 g/mol. The van der Waals surface area contributed by atoms with Crippen LogP contribution in [0.1, 0.15) is 6.92 Å². The van der Waals surface area contributed by atoms with Gasteiger partial charge in [0.25, 0.3) is 0 Å². The molecule has 4 heterocycles. The zero-order chi connectivity index (χ0) is 15.0. The van der Waals surface area contributed by atoms with Gasteiger partial charge in [0, 0.05) is 38.4 Å². The van der Waals surface area contributed by atoms with E-state index < -0.39 is 0 Å². The van der Waals surface area contributed by atoms with E-state index >= 15 is 0 Å². The Hall–Kier alpha value is -1.86. The normalized spacial score (nSPS) is 10.3. The number of fused-ring (bicyclic) bond motifs is 3. The first-order chi connectivity index (χ1) is 10.2. The fourth-order valence-corrected chi connectivity index (χ4v) is 2.08. The van der Waals surface area contributed by atoms with Crippen LogP contribution < -0.4 is 5.73 Å². The molecule has 4 rings (SSSR count). The van der Waals surface area contributed by atoms with Crippen molar-refractivity contribution in [2.45, 2.75) is 6.92 Å². The van der Waals surface area contributed by atoms with E-state index in [9.17, 15) is 0 Å². The first kappa shape index (κ1) is 16.5. The summed E-state index contributed by atoms with van der Waals surface area (Å²) in [5.41, 5.74) is 7.20. The molecule has 8 heteroatoms. The molecule has 1 radical (unpaired) electrons. The topological polar surface area (TPSA) is 87.2 Å². The summed E-state index contributed by atoms with van der Waals surface area (Å²) in [4.78, 5) is 8.72. The van der Waals surface area contributed by atoms with Crippen LogP contribution in [0.2, 0.25) is 0 Å². The summed E-state index contributed by atoms with van der Waals surface area (Å²) in [5.74, 6) is 1.32. The molecule has 0 saturated heterocycles. The Morgan fingerprint density at radius 2 is 1.95 bits per heavy atom. The van der Waals surface area contributed by atoms with E-state index in [1.165, 1.54) is 4.52 Å². The maximum atomic E-state index is 5.89. The Kier molecular flexibility index (Phi) is 4.88. The monoisotopic (exact) mass is 371 g/mol. The molecule has 0 amide bonds. The van der Waals surface area contributed by atoms with Gasteiger partial charge in [-0.2, -0.15) is 11.4 Å². The first-order valence-corrected chi connectivity index (χ1v) is 6.33. The molecule has 2 N–H and O–H groups in total. The number of hydrogen-bond donors (Lipinski definition) is 1. The third-order valence-electron chi connectivity index (χ3n) is 2.96. The second-order valence-corrected chi connectivity index (χ2v) is 4.14. The Labute approximate surface area is 152 Å². The molecule has 0 aliphatic heterocycles. The number of rotatable bonds is 1. The minimum Gasteiger partial charge on any atom is -0.472 e. The number of nitrogen functional groups attached to an aromatic ring is 1. The Bertz CT molecular complexity index is 893. The molecule has 22 heavy (non-hydrogen) atoms. The van der Waals surface area contributed by atoms with E-state index in [-0.39, 0.29) is 38.7 Å². The molecule has 4 aromatic rings. The Balaban J connectivity index is 0.000000566. The fourth-order valence-electron chi connectivity index (χ4n) is 2.08. The van der Waals surface area contributed by atoms with Crippen LogP contribution >= 0.6 is 0 Å².